The number of esters is 1. The van der Waals surface area contributed by atoms with Crippen molar-refractivity contribution in [3.8, 4) is 5.75 Å². The zero-order valence-corrected chi connectivity index (χ0v) is 13.2. The fourth-order valence-electron chi connectivity index (χ4n) is 2.34. The highest BCUT2D eigenvalue weighted by atomic mass is 16.6. The van der Waals surface area contributed by atoms with E-state index in [1.54, 1.807) is 0 Å². The molecule has 0 saturated carbocycles. The normalized spacial score (nSPS) is 10.2. The zero-order chi connectivity index (χ0) is 17.0. The van der Waals surface area contributed by atoms with Gasteiger partial charge in [-0.15, -0.1) is 0 Å². The number of aryl methyl sites for hydroxylation is 2. The lowest BCUT2D eigenvalue weighted by atomic mass is 10.1. The first-order valence-corrected chi connectivity index (χ1v) is 6.97. The first-order valence-electron chi connectivity index (χ1n) is 6.97. The number of carbonyl (C=O) groups is 1. The van der Waals surface area contributed by atoms with Gasteiger partial charge in [-0.05, 0) is 31.5 Å². The van der Waals surface area contributed by atoms with Crippen molar-refractivity contribution in [3.63, 3.8) is 0 Å². The molecule has 0 aliphatic heterocycles. The van der Waals surface area contributed by atoms with E-state index in [9.17, 15) is 14.9 Å². The van der Waals surface area contributed by atoms with Crippen LogP contribution in [0.1, 0.15) is 27.0 Å². The van der Waals surface area contributed by atoms with Crippen LogP contribution in [0.2, 0.25) is 0 Å². The SMILES string of the molecule is COC(=O)c1ccc(OCc2cc(C)cc(C)c2)c([N+](=O)[O-])c1. The van der Waals surface area contributed by atoms with Crippen molar-refractivity contribution in [1.82, 2.24) is 0 Å². The zero-order valence-electron chi connectivity index (χ0n) is 13.2. The lowest BCUT2D eigenvalue weighted by molar-refractivity contribution is -0.386. The number of methoxy groups -OCH3 is 1. The van der Waals surface area contributed by atoms with Crippen LogP contribution in [-0.4, -0.2) is 18.0 Å². The van der Waals surface area contributed by atoms with Gasteiger partial charge in [-0.2, -0.15) is 0 Å². The van der Waals surface area contributed by atoms with Crippen molar-refractivity contribution < 1.29 is 19.2 Å². The molecule has 0 radical (unpaired) electrons. The van der Waals surface area contributed by atoms with E-state index in [0.717, 1.165) is 22.8 Å². The van der Waals surface area contributed by atoms with Crippen LogP contribution in [0.5, 0.6) is 5.75 Å². The molecule has 0 N–H and O–H groups in total. The summed E-state index contributed by atoms with van der Waals surface area (Å²) in [5.41, 5.74) is 2.96. The molecule has 6 nitrogen and oxygen atoms in total. The van der Waals surface area contributed by atoms with Crippen molar-refractivity contribution in [2.24, 2.45) is 0 Å². The van der Waals surface area contributed by atoms with Gasteiger partial charge in [0.1, 0.15) is 6.61 Å². The average Bonchev–Trinajstić information content (AvgIpc) is 2.51. The molecule has 0 aliphatic carbocycles. The van der Waals surface area contributed by atoms with Gasteiger partial charge in [0.25, 0.3) is 0 Å². The summed E-state index contributed by atoms with van der Waals surface area (Å²) >= 11 is 0. The number of carbonyl (C=O) groups excluding carboxylic acids is 1. The molecule has 0 heterocycles. The van der Waals surface area contributed by atoms with E-state index in [1.807, 2.05) is 32.0 Å². The molecule has 0 saturated heterocycles. The molecule has 2 rings (SSSR count). The van der Waals surface area contributed by atoms with Crippen LogP contribution in [0.4, 0.5) is 5.69 Å². The molecule has 0 aliphatic rings. The molecule has 0 amide bonds. The molecule has 23 heavy (non-hydrogen) atoms. The first kappa shape index (κ1) is 16.5. The number of nitro benzene ring substituents is 1. The van der Waals surface area contributed by atoms with Crippen LogP contribution in [0, 0.1) is 24.0 Å². The van der Waals surface area contributed by atoms with E-state index in [0.29, 0.717) is 0 Å². The summed E-state index contributed by atoms with van der Waals surface area (Å²) in [6.07, 6.45) is 0. The third kappa shape index (κ3) is 4.06. The van der Waals surface area contributed by atoms with Crippen molar-refractivity contribution in [1.29, 1.82) is 0 Å². The van der Waals surface area contributed by atoms with E-state index in [4.69, 9.17) is 4.74 Å². The Kier molecular flexibility index (Phi) is 4.95. The number of ether oxygens (including phenoxy) is 2. The second kappa shape index (κ2) is 6.91. The smallest absolute Gasteiger partial charge is 0.338 e. The number of benzene rings is 2. The van der Waals surface area contributed by atoms with Crippen molar-refractivity contribution in [3.05, 3.63) is 68.8 Å². The maximum absolute atomic E-state index is 11.5. The van der Waals surface area contributed by atoms with Crippen LogP contribution in [0.15, 0.2) is 36.4 Å². The molecule has 0 fully saturated rings. The Morgan fingerprint density at radius 2 is 1.78 bits per heavy atom. The Labute approximate surface area is 133 Å². The van der Waals surface area contributed by atoms with Crippen LogP contribution in [0.25, 0.3) is 0 Å². The minimum atomic E-state index is -0.631. The summed E-state index contributed by atoms with van der Waals surface area (Å²) in [5.74, 6) is -0.518. The molecule has 2 aromatic carbocycles. The lowest BCUT2D eigenvalue weighted by Crippen LogP contribution is -2.04. The standard InChI is InChI=1S/C17H17NO5/c1-11-6-12(2)8-13(7-11)10-23-16-5-4-14(17(19)22-3)9-15(16)18(20)21/h4-9H,10H2,1-3H3. The van der Waals surface area contributed by atoms with Gasteiger partial charge in [0, 0.05) is 6.07 Å². The van der Waals surface area contributed by atoms with Crippen molar-refractivity contribution >= 4 is 11.7 Å². The Balaban J connectivity index is 2.25. The molecular weight excluding hydrogens is 298 g/mol. The predicted molar refractivity (Wildman–Crippen MR) is 84.7 cm³/mol. The van der Waals surface area contributed by atoms with E-state index < -0.39 is 10.9 Å². The van der Waals surface area contributed by atoms with E-state index in [1.165, 1.54) is 19.2 Å². The minimum absolute atomic E-state index is 0.109. The fraction of sp³-hybridized carbons (Fsp3) is 0.235. The average molecular weight is 315 g/mol. The number of nitro groups is 1. The number of nitrogens with zero attached hydrogens (tertiary/aromatic N) is 1. The van der Waals surface area contributed by atoms with Crippen LogP contribution < -0.4 is 4.74 Å². The number of hydrogen-bond acceptors (Lipinski definition) is 5. The Hall–Kier alpha value is -2.89. The van der Waals surface area contributed by atoms with Crippen molar-refractivity contribution in [2.45, 2.75) is 20.5 Å². The molecule has 2 aromatic rings. The van der Waals surface area contributed by atoms with Gasteiger partial charge in [0.2, 0.25) is 0 Å². The highest BCUT2D eigenvalue weighted by molar-refractivity contribution is 5.90. The molecule has 0 spiro atoms. The molecule has 0 bridgehead atoms. The van der Waals surface area contributed by atoms with E-state index in [2.05, 4.69) is 4.74 Å². The summed E-state index contributed by atoms with van der Waals surface area (Å²) in [6.45, 7) is 4.16. The van der Waals surface area contributed by atoms with Gasteiger partial charge in [-0.1, -0.05) is 29.3 Å². The van der Waals surface area contributed by atoms with E-state index in [-0.39, 0.29) is 23.6 Å². The molecule has 0 aromatic heterocycles. The number of rotatable bonds is 5. The minimum Gasteiger partial charge on any atom is -0.482 e. The summed E-state index contributed by atoms with van der Waals surface area (Å²) in [6, 6.07) is 9.96. The van der Waals surface area contributed by atoms with E-state index >= 15 is 0 Å². The lowest BCUT2D eigenvalue weighted by Gasteiger charge is -2.09. The second-order valence-electron chi connectivity index (χ2n) is 5.22. The maximum atomic E-state index is 11.5. The van der Waals surface area contributed by atoms with Gasteiger partial charge < -0.3 is 9.47 Å². The predicted octanol–water partition coefficient (Wildman–Crippen LogP) is 3.58. The highest BCUT2D eigenvalue weighted by Gasteiger charge is 2.19. The van der Waals surface area contributed by atoms with Gasteiger partial charge in [0.05, 0.1) is 17.6 Å². The van der Waals surface area contributed by atoms with Crippen LogP contribution in [-0.2, 0) is 11.3 Å². The topological polar surface area (TPSA) is 78.7 Å². The first-order chi connectivity index (χ1) is 10.9. The van der Waals surface area contributed by atoms with Gasteiger partial charge in [-0.25, -0.2) is 4.79 Å². The molecular formula is C17H17NO5. The van der Waals surface area contributed by atoms with Gasteiger partial charge >= 0.3 is 11.7 Å². The Morgan fingerprint density at radius 3 is 2.35 bits per heavy atom. The Morgan fingerprint density at radius 1 is 1.13 bits per heavy atom. The Bertz CT molecular complexity index is 734. The molecule has 0 unspecified atom stereocenters. The summed E-state index contributed by atoms with van der Waals surface area (Å²) in [4.78, 5) is 22.1. The monoisotopic (exact) mass is 315 g/mol. The van der Waals surface area contributed by atoms with Gasteiger partial charge in [-0.3, -0.25) is 10.1 Å². The highest BCUT2D eigenvalue weighted by Crippen LogP contribution is 2.29. The fourth-order valence-corrected chi connectivity index (χ4v) is 2.34. The molecule has 120 valence electrons. The summed E-state index contributed by atoms with van der Waals surface area (Å²) in [7, 11) is 1.22. The quantitative estimate of drug-likeness (QED) is 0.479. The third-order valence-electron chi connectivity index (χ3n) is 3.25. The summed E-state index contributed by atoms with van der Waals surface area (Å²) < 4.78 is 10.1. The molecule has 0 atom stereocenters. The second-order valence-corrected chi connectivity index (χ2v) is 5.22. The number of hydrogen-bond donors (Lipinski definition) is 0. The largest absolute Gasteiger partial charge is 0.482 e. The summed E-state index contributed by atoms with van der Waals surface area (Å²) in [5, 5.41) is 11.2. The van der Waals surface area contributed by atoms with Crippen LogP contribution in [0.3, 0.4) is 0 Å². The maximum Gasteiger partial charge on any atom is 0.338 e. The van der Waals surface area contributed by atoms with Gasteiger partial charge in [0.15, 0.2) is 5.75 Å². The molecule has 6 heteroatoms. The van der Waals surface area contributed by atoms with Crippen LogP contribution >= 0.6 is 0 Å². The third-order valence-corrected chi connectivity index (χ3v) is 3.25. The van der Waals surface area contributed by atoms with Crippen molar-refractivity contribution in [2.75, 3.05) is 7.11 Å².